The maximum Gasteiger partial charge on any atom is 0.195 e. The van der Waals surface area contributed by atoms with Crippen LogP contribution in [-0.4, -0.2) is 53.5 Å². The monoisotopic (exact) mass is 512 g/mol. The van der Waals surface area contributed by atoms with E-state index < -0.39 is 0 Å². The largest absolute Gasteiger partial charge is 0.493 e. The Hall–Kier alpha value is -2.20. The lowest BCUT2D eigenvalue weighted by Gasteiger charge is -2.30. The summed E-state index contributed by atoms with van der Waals surface area (Å²) in [6.07, 6.45) is 0. The van der Waals surface area contributed by atoms with Gasteiger partial charge in [-0.15, -0.1) is 24.0 Å². The third-order valence-corrected chi connectivity index (χ3v) is 4.66. The first-order valence-electron chi connectivity index (χ1n) is 9.35. The van der Waals surface area contributed by atoms with Gasteiger partial charge in [0.25, 0.3) is 0 Å². The van der Waals surface area contributed by atoms with E-state index in [9.17, 15) is 0 Å². The van der Waals surface area contributed by atoms with Gasteiger partial charge in [0.15, 0.2) is 17.5 Å². The summed E-state index contributed by atoms with van der Waals surface area (Å²) in [7, 11) is 5.00. The molecule has 0 saturated carbocycles. The molecule has 8 heteroatoms. The smallest absolute Gasteiger partial charge is 0.195 e. The lowest BCUT2D eigenvalue weighted by molar-refractivity contribution is 0.122. The lowest BCUT2D eigenvalue weighted by atomic mass is 10.1. The highest BCUT2D eigenvalue weighted by Crippen LogP contribution is 2.29. The van der Waals surface area contributed by atoms with Gasteiger partial charge in [0.2, 0.25) is 0 Å². The van der Waals surface area contributed by atoms with E-state index in [0.717, 1.165) is 32.0 Å². The van der Waals surface area contributed by atoms with E-state index in [-0.39, 0.29) is 24.0 Å². The van der Waals surface area contributed by atoms with E-state index in [1.807, 2.05) is 18.2 Å². The molecule has 7 nitrogen and oxygen atoms in total. The van der Waals surface area contributed by atoms with Gasteiger partial charge in [-0.3, -0.25) is 4.99 Å². The first-order valence-corrected chi connectivity index (χ1v) is 9.35. The average molecular weight is 512 g/mol. The third-order valence-electron chi connectivity index (χ3n) is 4.66. The number of nitrogens with one attached hydrogen (secondary N) is 2. The molecule has 158 valence electrons. The lowest BCUT2D eigenvalue weighted by Crippen LogP contribution is -2.37. The molecule has 1 aliphatic rings. The van der Waals surface area contributed by atoms with Crippen molar-refractivity contribution in [2.45, 2.75) is 6.54 Å². The van der Waals surface area contributed by atoms with Crippen molar-refractivity contribution in [2.24, 2.45) is 4.99 Å². The molecule has 0 spiro atoms. The number of anilines is 2. The van der Waals surface area contributed by atoms with Gasteiger partial charge in [0.05, 0.1) is 27.4 Å². The van der Waals surface area contributed by atoms with Gasteiger partial charge in [-0.1, -0.05) is 18.2 Å². The molecule has 1 fully saturated rings. The minimum Gasteiger partial charge on any atom is -0.493 e. The van der Waals surface area contributed by atoms with Gasteiger partial charge in [-0.05, 0) is 23.8 Å². The molecule has 1 aliphatic heterocycles. The highest BCUT2D eigenvalue weighted by atomic mass is 127. The number of morpholine rings is 1. The van der Waals surface area contributed by atoms with Gasteiger partial charge in [0, 0.05) is 44.1 Å². The number of guanidine groups is 1. The van der Waals surface area contributed by atoms with Crippen LogP contribution in [0.5, 0.6) is 11.5 Å². The molecule has 0 amide bonds. The molecule has 2 N–H and O–H groups in total. The Morgan fingerprint density at radius 3 is 2.48 bits per heavy atom. The Balaban J connectivity index is 0.00000300. The number of hydrogen-bond donors (Lipinski definition) is 2. The molecular formula is C21H29IN4O3. The molecule has 1 saturated heterocycles. The number of hydrogen-bond acceptors (Lipinski definition) is 5. The van der Waals surface area contributed by atoms with E-state index in [0.29, 0.717) is 24.0 Å². The SMILES string of the molecule is CN=C(NCc1ccccc1N1CCOCC1)Nc1ccc(OC)c(OC)c1.I. The van der Waals surface area contributed by atoms with Crippen LogP contribution in [-0.2, 0) is 11.3 Å². The summed E-state index contributed by atoms with van der Waals surface area (Å²) in [6, 6.07) is 14.1. The minimum absolute atomic E-state index is 0. The molecule has 0 aliphatic carbocycles. The van der Waals surface area contributed by atoms with Crippen molar-refractivity contribution in [1.29, 1.82) is 0 Å². The molecule has 29 heavy (non-hydrogen) atoms. The maximum absolute atomic E-state index is 5.47. The highest BCUT2D eigenvalue weighted by molar-refractivity contribution is 14.0. The summed E-state index contributed by atoms with van der Waals surface area (Å²) in [5.41, 5.74) is 3.33. The molecule has 0 unspecified atom stereocenters. The summed E-state index contributed by atoms with van der Waals surface area (Å²) in [5.74, 6) is 2.04. The third kappa shape index (κ3) is 6.14. The summed E-state index contributed by atoms with van der Waals surface area (Å²) in [4.78, 5) is 6.69. The number of halogens is 1. The van der Waals surface area contributed by atoms with Crippen LogP contribution >= 0.6 is 24.0 Å². The standard InChI is InChI=1S/C21H28N4O3.HI/c1-22-21(24-17-8-9-19(26-2)20(14-17)27-3)23-15-16-6-4-5-7-18(16)25-10-12-28-13-11-25;/h4-9,14H,10-13,15H2,1-3H3,(H2,22,23,24);1H. The fourth-order valence-electron chi connectivity index (χ4n) is 3.18. The van der Waals surface area contributed by atoms with Crippen LogP contribution in [0, 0.1) is 0 Å². The predicted molar refractivity (Wildman–Crippen MR) is 128 cm³/mol. The number of rotatable bonds is 6. The van der Waals surface area contributed by atoms with Crippen molar-refractivity contribution in [3.63, 3.8) is 0 Å². The Kier molecular flexibility index (Phi) is 9.33. The van der Waals surface area contributed by atoms with E-state index in [1.54, 1.807) is 21.3 Å². The fraction of sp³-hybridized carbons (Fsp3) is 0.381. The summed E-state index contributed by atoms with van der Waals surface area (Å²) in [6.45, 7) is 4.03. The Labute approximate surface area is 189 Å². The predicted octanol–water partition coefficient (Wildman–Crippen LogP) is 3.35. The topological polar surface area (TPSA) is 67.4 Å². The van der Waals surface area contributed by atoms with Crippen LogP contribution in [0.25, 0.3) is 0 Å². The quantitative estimate of drug-likeness (QED) is 0.352. The number of aliphatic imine (C=N–C) groups is 1. The van der Waals surface area contributed by atoms with Crippen molar-refractivity contribution >= 4 is 41.3 Å². The van der Waals surface area contributed by atoms with Gasteiger partial charge in [0.1, 0.15) is 0 Å². The Bertz CT molecular complexity index is 810. The Morgan fingerprint density at radius 1 is 1.07 bits per heavy atom. The average Bonchev–Trinajstić information content (AvgIpc) is 2.77. The van der Waals surface area contributed by atoms with E-state index in [2.05, 4.69) is 44.8 Å². The van der Waals surface area contributed by atoms with Gasteiger partial charge < -0.3 is 29.7 Å². The summed E-state index contributed by atoms with van der Waals surface area (Å²) >= 11 is 0. The summed E-state index contributed by atoms with van der Waals surface area (Å²) in [5, 5.41) is 6.68. The molecule has 0 radical (unpaired) electrons. The molecule has 1 heterocycles. The van der Waals surface area contributed by atoms with E-state index in [4.69, 9.17) is 14.2 Å². The second-order valence-electron chi connectivity index (χ2n) is 6.35. The van der Waals surface area contributed by atoms with Crippen molar-refractivity contribution in [3.8, 4) is 11.5 Å². The first kappa shape index (κ1) is 23.1. The van der Waals surface area contributed by atoms with E-state index in [1.165, 1.54) is 11.3 Å². The van der Waals surface area contributed by atoms with Crippen LogP contribution in [0.1, 0.15) is 5.56 Å². The van der Waals surface area contributed by atoms with Gasteiger partial charge in [-0.2, -0.15) is 0 Å². The fourth-order valence-corrected chi connectivity index (χ4v) is 3.18. The zero-order chi connectivity index (χ0) is 19.8. The van der Waals surface area contributed by atoms with Crippen LogP contribution in [0.2, 0.25) is 0 Å². The minimum atomic E-state index is 0. The molecular weight excluding hydrogens is 483 g/mol. The highest BCUT2D eigenvalue weighted by Gasteiger charge is 2.14. The number of nitrogens with zero attached hydrogens (tertiary/aromatic N) is 2. The molecule has 2 aromatic carbocycles. The second-order valence-corrected chi connectivity index (χ2v) is 6.35. The van der Waals surface area contributed by atoms with Gasteiger partial charge in [-0.25, -0.2) is 0 Å². The molecule has 2 aromatic rings. The zero-order valence-corrected chi connectivity index (χ0v) is 19.4. The zero-order valence-electron chi connectivity index (χ0n) is 17.1. The van der Waals surface area contributed by atoms with Crippen LogP contribution in [0.3, 0.4) is 0 Å². The van der Waals surface area contributed by atoms with Crippen LogP contribution < -0.4 is 25.0 Å². The molecule has 0 atom stereocenters. The summed E-state index contributed by atoms with van der Waals surface area (Å²) < 4.78 is 16.1. The van der Waals surface area contributed by atoms with E-state index >= 15 is 0 Å². The molecule has 0 aromatic heterocycles. The first-order chi connectivity index (χ1) is 13.7. The number of ether oxygens (including phenoxy) is 3. The number of methoxy groups -OCH3 is 2. The van der Waals surface area contributed by atoms with Crippen molar-refractivity contribution in [1.82, 2.24) is 5.32 Å². The number of benzene rings is 2. The van der Waals surface area contributed by atoms with Crippen molar-refractivity contribution < 1.29 is 14.2 Å². The van der Waals surface area contributed by atoms with Gasteiger partial charge >= 0.3 is 0 Å². The molecule has 0 bridgehead atoms. The maximum atomic E-state index is 5.47. The second kappa shape index (κ2) is 11.7. The van der Waals surface area contributed by atoms with Crippen LogP contribution in [0.4, 0.5) is 11.4 Å². The van der Waals surface area contributed by atoms with Crippen molar-refractivity contribution in [2.75, 3.05) is 57.8 Å². The Morgan fingerprint density at radius 2 is 1.79 bits per heavy atom. The van der Waals surface area contributed by atoms with Crippen LogP contribution in [0.15, 0.2) is 47.5 Å². The van der Waals surface area contributed by atoms with Crippen molar-refractivity contribution in [3.05, 3.63) is 48.0 Å². The molecule has 3 rings (SSSR count). The number of para-hydroxylation sites is 1. The normalized spacial score (nSPS) is 14.0.